The Kier molecular flexibility index (Phi) is 4.30. The number of aromatic nitrogens is 1. The normalized spacial score (nSPS) is 11.7. The van der Waals surface area contributed by atoms with E-state index in [0.29, 0.717) is 0 Å². The zero-order valence-electron chi connectivity index (χ0n) is 8.77. The second-order valence-corrected chi connectivity index (χ2v) is 3.68. The third-order valence-electron chi connectivity index (χ3n) is 1.78. The maximum Gasteiger partial charge on any atom is 0.405 e. The lowest BCUT2D eigenvalue weighted by atomic mass is 10.4. The summed E-state index contributed by atoms with van der Waals surface area (Å²) in [7, 11) is 2.40. The molecular weight excluding hydrogens is 278 g/mol. The van der Waals surface area contributed by atoms with Crippen molar-refractivity contribution in [1.82, 2.24) is 0 Å². The molecule has 6 heteroatoms. The molecule has 0 aliphatic carbocycles. The predicted octanol–water partition coefficient (Wildman–Crippen LogP) is 0.0424. The Morgan fingerprint density at radius 2 is 2.12 bits per heavy atom. The summed E-state index contributed by atoms with van der Waals surface area (Å²) in [5.74, 6) is -1.51. The second-order valence-electron chi connectivity index (χ2n) is 2.76. The number of methoxy groups -OCH3 is 2. The van der Waals surface area contributed by atoms with E-state index < -0.39 is 11.9 Å². The fourth-order valence-corrected chi connectivity index (χ4v) is 1.45. The molecule has 0 aliphatic rings. The van der Waals surface area contributed by atoms with Crippen LogP contribution in [0.25, 0.3) is 5.70 Å². The van der Waals surface area contributed by atoms with Crippen molar-refractivity contribution in [2.45, 2.75) is 0 Å². The molecule has 0 saturated heterocycles. The Morgan fingerprint density at radius 3 is 2.62 bits per heavy atom. The molecule has 1 heterocycles. The monoisotopic (exact) mass is 287 g/mol. The van der Waals surface area contributed by atoms with Crippen molar-refractivity contribution in [1.29, 1.82) is 0 Å². The fourth-order valence-electron chi connectivity index (χ4n) is 1.07. The Bertz CT molecular complexity index is 431. The van der Waals surface area contributed by atoms with Gasteiger partial charge < -0.3 is 14.6 Å². The van der Waals surface area contributed by atoms with Crippen LogP contribution >= 0.6 is 15.9 Å². The zero-order chi connectivity index (χ0) is 12.1. The smallest absolute Gasteiger partial charge is 0.405 e. The van der Waals surface area contributed by atoms with E-state index in [1.165, 1.54) is 18.8 Å². The predicted molar refractivity (Wildman–Crippen MR) is 56.6 cm³/mol. The average Bonchev–Trinajstić information content (AvgIpc) is 2.29. The van der Waals surface area contributed by atoms with Gasteiger partial charge >= 0.3 is 11.7 Å². The number of hydrogen-bond acceptors (Lipinski definition) is 4. The van der Waals surface area contributed by atoms with Gasteiger partial charge in [0.15, 0.2) is 12.4 Å². The highest BCUT2D eigenvalue weighted by atomic mass is 79.9. The number of esters is 1. The van der Waals surface area contributed by atoms with Gasteiger partial charge in [-0.15, -0.1) is 0 Å². The molecule has 0 aromatic carbocycles. The van der Waals surface area contributed by atoms with Gasteiger partial charge in [0.05, 0.1) is 11.6 Å². The van der Waals surface area contributed by atoms with Crippen LogP contribution in [-0.2, 0) is 14.3 Å². The lowest BCUT2D eigenvalue weighted by molar-refractivity contribution is -0.586. The molecule has 0 fully saturated rings. The van der Waals surface area contributed by atoms with Crippen LogP contribution in [0.15, 0.2) is 34.9 Å². The summed E-state index contributed by atoms with van der Waals surface area (Å²) in [6.07, 6.45) is 3.11. The van der Waals surface area contributed by atoms with Gasteiger partial charge in [-0.1, -0.05) is 0 Å². The lowest BCUT2D eigenvalue weighted by Crippen LogP contribution is -2.39. The number of ether oxygens (including phenoxy) is 2. The van der Waals surface area contributed by atoms with Gasteiger partial charge in [-0.05, 0) is 29.1 Å². The van der Waals surface area contributed by atoms with E-state index in [2.05, 4.69) is 25.4 Å². The van der Waals surface area contributed by atoms with Crippen LogP contribution in [0.5, 0.6) is 0 Å². The average molecular weight is 288 g/mol. The van der Waals surface area contributed by atoms with E-state index in [4.69, 9.17) is 0 Å². The minimum atomic E-state index is -0.755. The molecule has 0 unspecified atom stereocenters. The molecule has 0 bridgehead atoms. The summed E-state index contributed by atoms with van der Waals surface area (Å²) >= 11 is 3.23. The van der Waals surface area contributed by atoms with Crippen LogP contribution in [-0.4, -0.2) is 20.2 Å². The second kappa shape index (κ2) is 5.50. The van der Waals surface area contributed by atoms with Crippen molar-refractivity contribution < 1.29 is 23.9 Å². The molecule has 0 aliphatic heterocycles. The quantitative estimate of drug-likeness (QED) is 0.341. The van der Waals surface area contributed by atoms with Gasteiger partial charge in [0.25, 0.3) is 0 Å². The number of rotatable bonds is 3. The summed E-state index contributed by atoms with van der Waals surface area (Å²) in [5, 5.41) is 11.4. The van der Waals surface area contributed by atoms with E-state index in [1.807, 2.05) is 0 Å². The molecule has 5 nitrogen and oxygen atoms in total. The third-order valence-corrected chi connectivity index (χ3v) is 2.25. The highest BCUT2D eigenvalue weighted by Crippen LogP contribution is 2.07. The number of halogens is 1. The minimum absolute atomic E-state index is 0.202. The van der Waals surface area contributed by atoms with Gasteiger partial charge in [-0.25, -0.2) is 4.79 Å². The summed E-state index contributed by atoms with van der Waals surface area (Å²) in [5.41, 5.74) is -0.202. The van der Waals surface area contributed by atoms with Gasteiger partial charge in [-0.3, -0.25) is 0 Å². The molecule has 1 aromatic heterocycles. The maximum atomic E-state index is 11.4. The molecule has 1 rings (SSSR count). The summed E-state index contributed by atoms with van der Waals surface area (Å²) in [6.45, 7) is 0. The zero-order valence-corrected chi connectivity index (χ0v) is 10.4. The van der Waals surface area contributed by atoms with Crippen LogP contribution in [0.1, 0.15) is 0 Å². The topological polar surface area (TPSA) is 62.5 Å². The van der Waals surface area contributed by atoms with Crippen molar-refractivity contribution in [3.63, 3.8) is 0 Å². The minimum Gasteiger partial charge on any atom is -0.612 e. The fraction of sp³-hybridized carbons (Fsp3) is 0.200. The van der Waals surface area contributed by atoms with Crippen molar-refractivity contribution in [2.24, 2.45) is 0 Å². The molecular formula is C10H10BrNO4. The first-order valence-electron chi connectivity index (χ1n) is 4.31. The molecule has 0 spiro atoms. The molecule has 0 N–H and O–H groups in total. The van der Waals surface area contributed by atoms with Crippen molar-refractivity contribution in [3.8, 4) is 0 Å². The van der Waals surface area contributed by atoms with E-state index in [9.17, 15) is 9.90 Å². The maximum absolute atomic E-state index is 11.4. The number of carbonyl (C=O) groups excluding carboxylic acids is 1. The first-order chi connectivity index (χ1) is 7.60. The largest absolute Gasteiger partial charge is 0.612 e. The van der Waals surface area contributed by atoms with Crippen molar-refractivity contribution in [2.75, 3.05) is 14.2 Å². The number of hydrogen-bond donors (Lipinski definition) is 0. The Hall–Kier alpha value is -1.56. The molecule has 0 atom stereocenters. The number of nitrogens with zero attached hydrogens (tertiary/aromatic N) is 1. The number of pyridine rings is 1. The molecule has 0 amide bonds. The molecule has 16 heavy (non-hydrogen) atoms. The highest BCUT2D eigenvalue weighted by Gasteiger charge is 2.23. The molecule has 1 aromatic rings. The van der Waals surface area contributed by atoms with Crippen LogP contribution in [0.4, 0.5) is 0 Å². The molecule has 0 saturated carbocycles. The SMILES string of the molecule is COC(=O)/C(=C(\[O-])OC)[n+]1cccc(Br)c1. The van der Waals surface area contributed by atoms with Crippen LogP contribution in [0, 0.1) is 0 Å². The van der Waals surface area contributed by atoms with Crippen molar-refractivity contribution in [3.05, 3.63) is 34.9 Å². The first kappa shape index (κ1) is 12.5. The summed E-state index contributed by atoms with van der Waals surface area (Å²) < 4.78 is 11.1. The van der Waals surface area contributed by atoms with Crippen LogP contribution < -0.4 is 9.67 Å². The van der Waals surface area contributed by atoms with Gasteiger partial charge in [0.1, 0.15) is 5.95 Å². The summed E-state index contributed by atoms with van der Waals surface area (Å²) in [6, 6.07) is 3.44. The van der Waals surface area contributed by atoms with E-state index in [1.54, 1.807) is 24.5 Å². The molecule has 86 valence electrons. The van der Waals surface area contributed by atoms with E-state index in [-0.39, 0.29) is 5.70 Å². The van der Waals surface area contributed by atoms with E-state index >= 15 is 0 Å². The Balaban J connectivity index is 3.28. The third kappa shape index (κ3) is 2.73. The van der Waals surface area contributed by atoms with Gasteiger partial charge in [0, 0.05) is 6.07 Å². The highest BCUT2D eigenvalue weighted by molar-refractivity contribution is 9.10. The van der Waals surface area contributed by atoms with E-state index in [0.717, 1.165) is 4.47 Å². The van der Waals surface area contributed by atoms with Gasteiger partial charge in [0.2, 0.25) is 0 Å². The Morgan fingerprint density at radius 1 is 1.44 bits per heavy atom. The van der Waals surface area contributed by atoms with Gasteiger partial charge in [-0.2, -0.15) is 4.57 Å². The number of carbonyl (C=O) groups is 1. The van der Waals surface area contributed by atoms with Crippen molar-refractivity contribution >= 4 is 27.6 Å². The summed E-state index contributed by atoms with van der Waals surface area (Å²) in [4.78, 5) is 11.4. The lowest BCUT2D eigenvalue weighted by Gasteiger charge is -2.10. The molecule has 0 radical (unpaired) electrons. The van der Waals surface area contributed by atoms with Crippen LogP contribution in [0.3, 0.4) is 0 Å². The standard InChI is InChI=1S/C10H10BrNO4/c1-15-9(13)8(10(14)16-2)12-5-3-4-7(11)6-12/h3-6H,1-2H3. The van der Waals surface area contributed by atoms with Crippen LogP contribution in [0.2, 0.25) is 0 Å². The first-order valence-corrected chi connectivity index (χ1v) is 5.10. The Labute approximate surface area is 101 Å².